The molecule has 2 aliphatic heterocycles. The van der Waals surface area contributed by atoms with Crippen molar-refractivity contribution in [3.8, 4) is 0 Å². The van der Waals surface area contributed by atoms with E-state index in [1.54, 1.807) is 7.05 Å². The van der Waals surface area contributed by atoms with Crippen LogP contribution in [-0.4, -0.2) is 97.7 Å². The molecule has 0 unspecified atom stereocenters. The quantitative estimate of drug-likeness (QED) is 0.587. The molecule has 2 fully saturated rings. The van der Waals surface area contributed by atoms with Gasteiger partial charge in [0.1, 0.15) is 0 Å². The van der Waals surface area contributed by atoms with E-state index in [0.717, 1.165) is 51.9 Å². The van der Waals surface area contributed by atoms with E-state index < -0.39 is 0 Å². The lowest BCUT2D eigenvalue weighted by molar-refractivity contribution is -0.145. The van der Waals surface area contributed by atoms with Gasteiger partial charge in [-0.1, -0.05) is 0 Å². The van der Waals surface area contributed by atoms with Crippen molar-refractivity contribution in [1.82, 2.24) is 20.0 Å². The molecule has 0 atom stereocenters. The Kier molecular flexibility index (Phi) is 6.46. The molecule has 1 N–H and O–H groups in total. The normalized spacial score (nSPS) is 23.1. The minimum Gasteiger partial charge on any atom is -0.379 e. The zero-order valence-corrected chi connectivity index (χ0v) is 15.8. The summed E-state index contributed by atoms with van der Waals surface area (Å²) in [4.78, 5) is 23.4. The first kappa shape index (κ1) is 19.0. The predicted octanol–water partition coefficient (Wildman–Crippen LogP) is 0.225. The highest BCUT2D eigenvalue weighted by Crippen LogP contribution is 2.24. The van der Waals surface area contributed by atoms with E-state index in [0.29, 0.717) is 6.54 Å². The van der Waals surface area contributed by atoms with Gasteiger partial charge in [-0.3, -0.25) is 14.7 Å². The highest BCUT2D eigenvalue weighted by atomic mass is 16.5. The number of carbonyl (C=O) groups is 1. The number of hydrogen-bond acceptors (Lipinski definition) is 4. The number of amides is 1. The van der Waals surface area contributed by atoms with Gasteiger partial charge in [0.15, 0.2) is 5.96 Å². The summed E-state index contributed by atoms with van der Waals surface area (Å²) in [6.45, 7) is 15.0. The zero-order chi connectivity index (χ0) is 17.7. The number of rotatable bonds is 4. The summed E-state index contributed by atoms with van der Waals surface area (Å²) in [6, 6.07) is 0.214. The molecule has 2 heterocycles. The zero-order valence-electron chi connectivity index (χ0n) is 15.8. The first-order valence-corrected chi connectivity index (χ1v) is 8.93. The number of aliphatic imine (C=N–C) groups is 1. The van der Waals surface area contributed by atoms with Crippen molar-refractivity contribution in [2.24, 2.45) is 4.99 Å². The topological polar surface area (TPSA) is 60.4 Å². The van der Waals surface area contributed by atoms with Crippen LogP contribution in [-0.2, 0) is 9.53 Å². The van der Waals surface area contributed by atoms with Crippen molar-refractivity contribution in [1.29, 1.82) is 0 Å². The average Bonchev–Trinajstić information content (AvgIpc) is 2.50. The maximum atomic E-state index is 12.6. The Morgan fingerprint density at radius 2 is 2.00 bits per heavy atom. The van der Waals surface area contributed by atoms with Crippen molar-refractivity contribution in [2.45, 2.75) is 39.3 Å². The van der Waals surface area contributed by atoms with E-state index in [9.17, 15) is 4.79 Å². The van der Waals surface area contributed by atoms with Crippen molar-refractivity contribution < 1.29 is 9.53 Å². The van der Waals surface area contributed by atoms with Crippen molar-refractivity contribution in [3.63, 3.8) is 0 Å². The summed E-state index contributed by atoms with van der Waals surface area (Å²) >= 11 is 0. The molecule has 7 nitrogen and oxygen atoms in total. The Morgan fingerprint density at radius 1 is 1.33 bits per heavy atom. The highest BCUT2D eigenvalue weighted by Gasteiger charge is 2.40. The van der Waals surface area contributed by atoms with Gasteiger partial charge in [0, 0.05) is 45.8 Å². The number of carbonyl (C=O) groups excluding carboxylic acids is 1. The lowest BCUT2D eigenvalue weighted by Gasteiger charge is -2.49. The number of nitrogens with zero attached hydrogens (tertiary/aromatic N) is 4. The van der Waals surface area contributed by atoms with E-state index in [4.69, 9.17) is 4.74 Å². The molecule has 7 heteroatoms. The molecule has 0 aromatic rings. The van der Waals surface area contributed by atoms with Crippen LogP contribution in [0.15, 0.2) is 4.99 Å². The molecule has 0 bridgehead atoms. The molecular weight excluding hydrogens is 306 g/mol. The third-order valence-electron chi connectivity index (χ3n) is 4.67. The Balaban J connectivity index is 1.90. The van der Waals surface area contributed by atoms with Gasteiger partial charge in [-0.25, -0.2) is 0 Å². The molecule has 0 aliphatic carbocycles. The summed E-state index contributed by atoms with van der Waals surface area (Å²) in [7, 11) is 1.78. The second-order valence-electron chi connectivity index (χ2n) is 7.45. The highest BCUT2D eigenvalue weighted by molar-refractivity contribution is 5.88. The number of piperazine rings is 1. The van der Waals surface area contributed by atoms with E-state index in [1.165, 1.54) is 0 Å². The summed E-state index contributed by atoms with van der Waals surface area (Å²) in [5.41, 5.74) is -0.203. The third kappa shape index (κ3) is 4.60. The molecule has 2 aliphatic rings. The van der Waals surface area contributed by atoms with Gasteiger partial charge in [-0.05, 0) is 27.7 Å². The van der Waals surface area contributed by atoms with Crippen LogP contribution in [0.3, 0.4) is 0 Å². The molecule has 2 saturated heterocycles. The monoisotopic (exact) mass is 339 g/mol. The van der Waals surface area contributed by atoms with Gasteiger partial charge >= 0.3 is 0 Å². The van der Waals surface area contributed by atoms with Gasteiger partial charge in [0.2, 0.25) is 5.91 Å². The Bertz CT molecular complexity index is 458. The molecule has 1 amide bonds. The van der Waals surface area contributed by atoms with Crippen LogP contribution in [0.4, 0.5) is 0 Å². The lowest BCUT2D eigenvalue weighted by atomic mass is 9.96. The van der Waals surface area contributed by atoms with Crippen molar-refractivity contribution in [2.75, 3.05) is 59.5 Å². The summed E-state index contributed by atoms with van der Waals surface area (Å²) in [5.74, 6) is 0.977. The Morgan fingerprint density at radius 3 is 2.54 bits per heavy atom. The fourth-order valence-corrected chi connectivity index (χ4v) is 3.80. The number of hydrogen-bond donors (Lipinski definition) is 1. The lowest BCUT2D eigenvalue weighted by Crippen LogP contribution is -2.66. The SMILES string of the molecule is CN=C(NCCN1CCOCC1)N1CC(=O)N(C(C)C)C(C)(C)C1. The van der Waals surface area contributed by atoms with Crippen LogP contribution in [0.1, 0.15) is 27.7 Å². The van der Waals surface area contributed by atoms with Gasteiger partial charge in [-0.15, -0.1) is 0 Å². The predicted molar refractivity (Wildman–Crippen MR) is 96.3 cm³/mol. The van der Waals surface area contributed by atoms with Crippen LogP contribution in [0, 0.1) is 0 Å². The van der Waals surface area contributed by atoms with Gasteiger partial charge in [0.25, 0.3) is 0 Å². The minimum atomic E-state index is -0.203. The first-order chi connectivity index (χ1) is 11.3. The summed E-state index contributed by atoms with van der Waals surface area (Å²) in [6.07, 6.45) is 0. The van der Waals surface area contributed by atoms with Crippen molar-refractivity contribution >= 4 is 11.9 Å². The number of morpholine rings is 1. The van der Waals surface area contributed by atoms with Crippen LogP contribution >= 0.6 is 0 Å². The maximum absolute atomic E-state index is 12.6. The average molecular weight is 339 g/mol. The minimum absolute atomic E-state index is 0.164. The second kappa shape index (κ2) is 8.16. The fourth-order valence-electron chi connectivity index (χ4n) is 3.80. The smallest absolute Gasteiger partial charge is 0.242 e. The molecule has 0 radical (unpaired) electrons. The van der Waals surface area contributed by atoms with Gasteiger partial charge in [0.05, 0.1) is 25.3 Å². The first-order valence-electron chi connectivity index (χ1n) is 8.93. The van der Waals surface area contributed by atoms with Crippen molar-refractivity contribution in [3.05, 3.63) is 0 Å². The van der Waals surface area contributed by atoms with Gasteiger partial charge in [-0.2, -0.15) is 0 Å². The van der Waals surface area contributed by atoms with E-state index in [2.05, 4.69) is 47.8 Å². The molecule has 24 heavy (non-hydrogen) atoms. The van der Waals surface area contributed by atoms with Crippen LogP contribution < -0.4 is 5.32 Å². The molecule has 0 spiro atoms. The number of ether oxygens (including phenoxy) is 1. The van der Waals surface area contributed by atoms with E-state index in [-0.39, 0.29) is 17.5 Å². The molecule has 0 aromatic carbocycles. The molecule has 138 valence electrons. The van der Waals surface area contributed by atoms with Crippen LogP contribution in [0.5, 0.6) is 0 Å². The second-order valence-corrected chi connectivity index (χ2v) is 7.45. The summed E-state index contributed by atoms with van der Waals surface area (Å²) < 4.78 is 5.37. The maximum Gasteiger partial charge on any atom is 0.242 e. The van der Waals surface area contributed by atoms with Crippen LogP contribution in [0.2, 0.25) is 0 Å². The summed E-state index contributed by atoms with van der Waals surface area (Å²) in [5, 5.41) is 3.41. The third-order valence-corrected chi connectivity index (χ3v) is 4.67. The van der Waals surface area contributed by atoms with Gasteiger partial charge < -0.3 is 19.9 Å². The molecule has 0 aromatic heterocycles. The Labute approximate surface area is 146 Å². The van der Waals surface area contributed by atoms with E-state index in [1.807, 2.05) is 4.90 Å². The molecular formula is C17H33N5O2. The number of nitrogens with one attached hydrogen (secondary N) is 1. The van der Waals surface area contributed by atoms with Crippen LogP contribution in [0.25, 0.3) is 0 Å². The fraction of sp³-hybridized carbons (Fsp3) is 0.882. The standard InChI is InChI=1S/C17H33N5O2/c1-14(2)22-15(23)12-21(13-17(22,3)4)16(18-5)19-6-7-20-8-10-24-11-9-20/h14H,6-13H2,1-5H3,(H,18,19). The van der Waals surface area contributed by atoms with E-state index >= 15 is 0 Å². The molecule has 2 rings (SSSR count). The number of guanidine groups is 1. The largest absolute Gasteiger partial charge is 0.379 e. The molecule has 0 saturated carbocycles. The Hall–Kier alpha value is -1.34.